The fourth-order valence-corrected chi connectivity index (χ4v) is 1.98. The molecular weight excluding hydrogens is 126 g/mol. The topological polar surface area (TPSA) is 15.5 Å². The van der Waals surface area contributed by atoms with Crippen LogP contribution in [0, 0.1) is 0 Å². The highest BCUT2D eigenvalue weighted by atomic mass is 16.9. The van der Waals surface area contributed by atoms with E-state index in [1.807, 2.05) is 0 Å². The molecule has 0 bridgehead atoms. The van der Waals surface area contributed by atoms with E-state index in [2.05, 4.69) is 18.9 Å². The summed E-state index contributed by atoms with van der Waals surface area (Å²) in [6.07, 6.45) is 5.21. The lowest BCUT2D eigenvalue weighted by Crippen LogP contribution is -2.19. The van der Waals surface area contributed by atoms with Gasteiger partial charge < -0.3 is 0 Å². The van der Waals surface area contributed by atoms with E-state index in [9.17, 15) is 0 Å². The molecular formula is C8H15NO. The lowest BCUT2D eigenvalue weighted by atomic mass is 10.2. The lowest BCUT2D eigenvalue weighted by molar-refractivity contribution is 0.161. The van der Waals surface area contributed by atoms with Crippen molar-refractivity contribution in [3.63, 3.8) is 0 Å². The highest BCUT2D eigenvalue weighted by Crippen LogP contribution is 2.49. The summed E-state index contributed by atoms with van der Waals surface area (Å²) in [7, 11) is 0. The van der Waals surface area contributed by atoms with Crippen LogP contribution in [0.1, 0.15) is 39.5 Å². The van der Waals surface area contributed by atoms with Crippen LogP contribution >= 0.6 is 0 Å². The largest absolute Gasteiger partial charge is 0.271 e. The van der Waals surface area contributed by atoms with Crippen molar-refractivity contribution in [3.8, 4) is 0 Å². The number of nitrogens with zero attached hydrogens (tertiary/aromatic N) is 1. The van der Waals surface area contributed by atoms with Crippen LogP contribution in [0.3, 0.4) is 0 Å². The van der Waals surface area contributed by atoms with Crippen molar-refractivity contribution >= 4 is 0 Å². The molecule has 1 aliphatic carbocycles. The number of hydroxylamine groups is 2. The molecule has 0 aromatic carbocycles. The second-order valence-corrected chi connectivity index (χ2v) is 3.66. The minimum absolute atomic E-state index is 0.216. The van der Waals surface area contributed by atoms with Gasteiger partial charge in [0, 0.05) is 6.04 Å². The molecule has 2 fully saturated rings. The van der Waals surface area contributed by atoms with E-state index in [0.717, 1.165) is 0 Å². The Labute approximate surface area is 62.1 Å². The summed E-state index contributed by atoms with van der Waals surface area (Å²) in [6, 6.07) is 0.568. The van der Waals surface area contributed by atoms with Gasteiger partial charge in [-0.1, -0.05) is 0 Å². The lowest BCUT2D eigenvalue weighted by Gasteiger charge is -2.04. The Hall–Kier alpha value is -0.0800. The van der Waals surface area contributed by atoms with Crippen LogP contribution in [-0.4, -0.2) is 16.8 Å². The van der Waals surface area contributed by atoms with E-state index in [0.29, 0.717) is 6.04 Å². The van der Waals surface area contributed by atoms with Gasteiger partial charge in [0.2, 0.25) is 0 Å². The summed E-state index contributed by atoms with van der Waals surface area (Å²) in [5, 5.41) is 2.15. The molecule has 58 valence electrons. The van der Waals surface area contributed by atoms with Crippen LogP contribution in [0.5, 0.6) is 0 Å². The van der Waals surface area contributed by atoms with Crippen molar-refractivity contribution in [2.45, 2.75) is 51.3 Å². The average Bonchev–Trinajstić information content (AvgIpc) is 2.32. The van der Waals surface area contributed by atoms with Gasteiger partial charge >= 0.3 is 0 Å². The molecule has 0 radical (unpaired) electrons. The maximum atomic E-state index is 5.56. The first-order chi connectivity index (χ1) is 4.75. The third kappa shape index (κ3) is 0.789. The minimum Gasteiger partial charge on any atom is -0.271 e. The van der Waals surface area contributed by atoms with E-state index in [1.54, 1.807) is 0 Å². The highest BCUT2D eigenvalue weighted by molar-refractivity contribution is 4.93. The van der Waals surface area contributed by atoms with Crippen molar-refractivity contribution in [1.82, 2.24) is 5.06 Å². The molecule has 1 unspecified atom stereocenters. The van der Waals surface area contributed by atoms with E-state index >= 15 is 0 Å². The van der Waals surface area contributed by atoms with Crippen LogP contribution in [0.15, 0.2) is 0 Å². The molecule has 2 heteroatoms. The van der Waals surface area contributed by atoms with Gasteiger partial charge in [-0.15, -0.1) is 0 Å². The predicted molar refractivity (Wildman–Crippen MR) is 39.3 cm³/mol. The normalized spacial score (nSPS) is 35.7. The molecule has 0 amide bonds. The quantitative estimate of drug-likeness (QED) is 0.518. The average molecular weight is 141 g/mol. The maximum Gasteiger partial charge on any atom is 0.165 e. The van der Waals surface area contributed by atoms with Gasteiger partial charge in [-0.2, -0.15) is 5.06 Å². The van der Waals surface area contributed by atoms with Crippen molar-refractivity contribution < 1.29 is 4.84 Å². The SMILES string of the molecule is CC(C)N1OC12CCCC2. The van der Waals surface area contributed by atoms with Crippen molar-refractivity contribution in [2.75, 3.05) is 0 Å². The second-order valence-electron chi connectivity index (χ2n) is 3.66. The van der Waals surface area contributed by atoms with E-state index in [-0.39, 0.29) is 5.72 Å². The van der Waals surface area contributed by atoms with Crippen LogP contribution in [-0.2, 0) is 4.84 Å². The predicted octanol–water partition coefficient (Wildman–Crippen LogP) is 1.91. The highest BCUT2D eigenvalue weighted by Gasteiger charge is 2.57. The number of rotatable bonds is 1. The van der Waals surface area contributed by atoms with Gasteiger partial charge in [0.05, 0.1) is 0 Å². The summed E-state index contributed by atoms with van der Waals surface area (Å²) in [4.78, 5) is 5.56. The van der Waals surface area contributed by atoms with Crippen LogP contribution in [0.25, 0.3) is 0 Å². The first-order valence-corrected chi connectivity index (χ1v) is 4.23. The van der Waals surface area contributed by atoms with E-state index < -0.39 is 0 Å². The number of hydrogen-bond donors (Lipinski definition) is 0. The fraction of sp³-hybridized carbons (Fsp3) is 1.00. The Morgan fingerprint density at radius 3 is 2.30 bits per heavy atom. The van der Waals surface area contributed by atoms with Gasteiger partial charge in [-0.3, -0.25) is 4.84 Å². The molecule has 2 nitrogen and oxygen atoms in total. The van der Waals surface area contributed by atoms with Crippen molar-refractivity contribution in [3.05, 3.63) is 0 Å². The molecule has 0 aromatic heterocycles. The molecule has 1 aliphatic heterocycles. The summed E-state index contributed by atoms with van der Waals surface area (Å²) in [5.74, 6) is 0. The first kappa shape index (κ1) is 6.62. The van der Waals surface area contributed by atoms with Crippen molar-refractivity contribution in [1.29, 1.82) is 0 Å². The smallest absolute Gasteiger partial charge is 0.165 e. The van der Waals surface area contributed by atoms with E-state index in [4.69, 9.17) is 4.84 Å². The Bertz CT molecular complexity index is 138. The van der Waals surface area contributed by atoms with Gasteiger partial charge in [-0.25, -0.2) is 0 Å². The monoisotopic (exact) mass is 141 g/mol. The first-order valence-electron chi connectivity index (χ1n) is 4.23. The molecule has 1 saturated carbocycles. The summed E-state index contributed by atoms with van der Waals surface area (Å²) < 4.78 is 0. The van der Waals surface area contributed by atoms with Gasteiger partial charge in [0.15, 0.2) is 5.72 Å². The standard InChI is InChI=1S/C8H15NO/c1-7(2)9-8(10-9)5-3-4-6-8/h7H,3-6H2,1-2H3. The Morgan fingerprint density at radius 2 is 1.90 bits per heavy atom. The number of hydrogen-bond acceptors (Lipinski definition) is 2. The zero-order chi connectivity index (χ0) is 7.19. The van der Waals surface area contributed by atoms with Gasteiger partial charge in [0.25, 0.3) is 0 Å². The molecule has 1 spiro atoms. The maximum absolute atomic E-state index is 5.56. The Morgan fingerprint density at radius 1 is 1.30 bits per heavy atom. The minimum atomic E-state index is 0.216. The third-order valence-corrected chi connectivity index (χ3v) is 2.49. The van der Waals surface area contributed by atoms with Crippen LogP contribution in [0.2, 0.25) is 0 Å². The molecule has 2 rings (SSSR count). The molecule has 2 aliphatic rings. The third-order valence-electron chi connectivity index (χ3n) is 2.49. The van der Waals surface area contributed by atoms with Gasteiger partial charge in [-0.05, 0) is 39.5 Å². The molecule has 1 atom stereocenters. The zero-order valence-electron chi connectivity index (χ0n) is 6.76. The van der Waals surface area contributed by atoms with Crippen LogP contribution in [0.4, 0.5) is 0 Å². The van der Waals surface area contributed by atoms with E-state index in [1.165, 1.54) is 25.7 Å². The van der Waals surface area contributed by atoms with Gasteiger partial charge in [0.1, 0.15) is 0 Å². The summed E-state index contributed by atoms with van der Waals surface area (Å²) >= 11 is 0. The molecule has 1 heterocycles. The summed E-state index contributed by atoms with van der Waals surface area (Å²) in [6.45, 7) is 4.38. The molecule has 10 heavy (non-hydrogen) atoms. The molecule has 0 aromatic rings. The summed E-state index contributed by atoms with van der Waals surface area (Å²) in [5.41, 5.74) is 0.216. The molecule has 0 N–H and O–H groups in total. The Balaban J connectivity index is 1.97. The second kappa shape index (κ2) is 1.95. The van der Waals surface area contributed by atoms with Crippen LogP contribution < -0.4 is 0 Å². The Kier molecular flexibility index (Phi) is 1.29. The zero-order valence-corrected chi connectivity index (χ0v) is 6.76. The van der Waals surface area contributed by atoms with Crippen molar-refractivity contribution in [2.24, 2.45) is 0 Å². The fourth-order valence-electron chi connectivity index (χ4n) is 1.98. The molecule has 1 saturated heterocycles.